The molecule has 33 heavy (non-hydrogen) atoms. The zero-order valence-electron chi connectivity index (χ0n) is 18.4. The fraction of sp³-hybridized carbons (Fsp3) is 0.375. The Kier molecular flexibility index (Phi) is 7.40. The maximum Gasteiger partial charge on any atom is 0.416 e. The molecule has 0 saturated heterocycles. The number of aryl methyl sites for hydroxylation is 1. The molecule has 2 aromatic heterocycles. The maximum absolute atomic E-state index is 12.9. The Morgan fingerprint density at radius 1 is 1.12 bits per heavy atom. The van der Waals surface area contributed by atoms with Crippen LogP contribution in [-0.4, -0.2) is 32.9 Å². The van der Waals surface area contributed by atoms with Crippen molar-refractivity contribution in [3.63, 3.8) is 0 Å². The Morgan fingerprint density at radius 2 is 1.82 bits per heavy atom. The highest BCUT2D eigenvalue weighted by molar-refractivity contribution is 5.93. The fourth-order valence-electron chi connectivity index (χ4n) is 3.76. The number of carbonyl (C=O) groups is 2. The van der Waals surface area contributed by atoms with E-state index < -0.39 is 17.7 Å². The van der Waals surface area contributed by atoms with Crippen molar-refractivity contribution in [2.24, 2.45) is 5.92 Å². The van der Waals surface area contributed by atoms with E-state index in [1.165, 1.54) is 12.1 Å². The molecule has 0 fully saturated rings. The largest absolute Gasteiger partial charge is 0.481 e. The molecule has 1 unspecified atom stereocenters. The number of aromatic nitrogens is 2. The van der Waals surface area contributed by atoms with Crippen LogP contribution in [0.5, 0.6) is 0 Å². The summed E-state index contributed by atoms with van der Waals surface area (Å²) in [5, 5.41) is 11.8. The molecule has 3 rings (SSSR count). The van der Waals surface area contributed by atoms with Crippen molar-refractivity contribution >= 4 is 17.5 Å². The number of carboxylic acid groups (broad SMARTS) is 1. The number of nitrogens with zero attached hydrogens (tertiary/aromatic N) is 2. The van der Waals surface area contributed by atoms with Gasteiger partial charge < -0.3 is 10.4 Å². The van der Waals surface area contributed by atoms with Crippen LogP contribution in [0.3, 0.4) is 0 Å². The van der Waals surface area contributed by atoms with E-state index >= 15 is 0 Å². The summed E-state index contributed by atoms with van der Waals surface area (Å²) in [5.74, 6) is -1.14. The Morgan fingerprint density at radius 3 is 2.42 bits per heavy atom. The van der Waals surface area contributed by atoms with Gasteiger partial charge in [-0.25, -0.2) is 4.98 Å². The molecule has 0 spiro atoms. The molecule has 0 saturated carbocycles. The second-order valence-electron chi connectivity index (χ2n) is 8.42. The summed E-state index contributed by atoms with van der Waals surface area (Å²) in [7, 11) is 0. The van der Waals surface area contributed by atoms with Crippen molar-refractivity contribution in [2.75, 3.05) is 6.54 Å². The van der Waals surface area contributed by atoms with E-state index in [0.717, 1.165) is 17.7 Å². The molecule has 2 N–H and O–H groups in total. The minimum atomic E-state index is -4.40. The number of hydrogen-bond acceptors (Lipinski definition) is 3. The standard InChI is InChI=1S/C24H26F3N3O3/c1-15(2)12-17(16-6-8-18(9-7-16)24(25,26)27)13-28-23(33)20-4-3-5-21-29-19(14-30(20)21)10-11-22(31)32/h3-9,14-15,17H,10-13H2,1-2H3,(H,28,33)(H,31,32). The molecule has 1 amide bonds. The van der Waals surface area contributed by atoms with Crippen molar-refractivity contribution in [2.45, 2.75) is 45.2 Å². The summed E-state index contributed by atoms with van der Waals surface area (Å²) in [5.41, 5.74) is 1.47. The molecule has 0 bridgehead atoms. The highest BCUT2D eigenvalue weighted by atomic mass is 19.4. The number of nitrogens with one attached hydrogen (secondary N) is 1. The van der Waals surface area contributed by atoms with Gasteiger partial charge in [0.25, 0.3) is 5.91 Å². The zero-order valence-corrected chi connectivity index (χ0v) is 18.4. The third-order valence-corrected chi connectivity index (χ3v) is 5.34. The van der Waals surface area contributed by atoms with Crippen LogP contribution in [0.4, 0.5) is 13.2 Å². The first kappa shape index (κ1) is 24.3. The molecule has 9 heteroatoms. The summed E-state index contributed by atoms with van der Waals surface area (Å²) in [6, 6.07) is 10.1. The van der Waals surface area contributed by atoms with E-state index in [1.54, 1.807) is 28.8 Å². The summed E-state index contributed by atoms with van der Waals surface area (Å²) < 4.78 is 40.3. The lowest BCUT2D eigenvalue weighted by Gasteiger charge is -2.21. The van der Waals surface area contributed by atoms with Gasteiger partial charge in [0, 0.05) is 25.1 Å². The van der Waals surface area contributed by atoms with Gasteiger partial charge in [-0.3, -0.25) is 14.0 Å². The number of pyridine rings is 1. The quantitative estimate of drug-likeness (QED) is 0.473. The summed E-state index contributed by atoms with van der Waals surface area (Å²) in [6.07, 6.45) is -1.86. The Bertz CT molecular complexity index is 1120. The van der Waals surface area contributed by atoms with Gasteiger partial charge >= 0.3 is 12.1 Å². The molecule has 0 aliphatic heterocycles. The van der Waals surface area contributed by atoms with Gasteiger partial charge in [-0.1, -0.05) is 32.0 Å². The predicted molar refractivity (Wildman–Crippen MR) is 117 cm³/mol. The van der Waals surface area contributed by atoms with Crippen LogP contribution in [0.15, 0.2) is 48.7 Å². The van der Waals surface area contributed by atoms with Gasteiger partial charge in [-0.2, -0.15) is 13.2 Å². The molecule has 0 aliphatic rings. The smallest absolute Gasteiger partial charge is 0.416 e. The third kappa shape index (κ3) is 6.34. The van der Waals surface area contributed by atoms with E-state index in [1.807, 2.05) is 13.8 Å². The topological polar surface area (TPSA) is 83.7 Å². The van der Waals surface area contributed by atoms with Gasteiger partial charge in [0.15, 0.2) is 0 Å². The van der Waals surface area contributed by atoms with E-state index in [4.69, 9.17) is 5.11 Å². The molecule has 1 aromatic carbocycles. The second-order valence-corrected chi connectivity index (χ2v) is 8.42. The molecular formula is C24H26F3N3O3. The van der Waals surface area contributed by atoms with Crippen LogP contribution < -0.4 is 5.32 Å². The zero-order chi connectivity index (χ0) is 24.2. The van der Waals surface area contributed by atoms with Gasteiger partial charge in [0.1, 0.15) is 11.3 Å². The first-order valence-corrected chi connectivity index (χ1v) is 10.7. The van der Waals surface area contributed by atoms with Crippen molar-refractivity contribution in [1.82, 2.24) is 14.7 Å². The molecule has 3 aromatic rings. The van der Waals surface area contributed by atoms with Gasteiger partial charge in [0.05, 0.1) is 17.7 Å². The SMILES string of the molecule is CC(C)CC(CNC(=O)c1cccc2nc(CCC(=O)O)cn12)c1ccc(C(F)(F)F)cc1. The Hall–Kier alpha value is -3.36. The summed E-state index contributed by atoms with van der Waals surface area (Å²) in [4.78, 5) is 28.1. The molecule has 1 atom stereocenters. The summed E-state index contributed by atoms with van der Waals surface area (Å²) in [6.45, 7) is 4.30. The lowest BCUT2D eigenvalue weighted by Crippen LogP contribution is -2.30. The average Bonchev–Trinajstić information content (AvgIpc) is 3.17. The number of benzene rings is 1. The first-order chi connectivity index (χ1) is 15.5. The normalized spacial score (nSPS) is 12.8. The van der Waals surface area contributed by atoms with E-state index in [0.29, 0.717) is 23.5 Å². The minimum absolute atomic E-state index is 0.0601. The molecule has 2 heterocycles. The van der Waals surface area contributed by atoms with Gasteiger partial charge in [-0.15, -0.1) is 0 Å². The molecule has 176 valence electrons. The van der Waals surface area contributed by atoms with Crippen LogP contribution >= 0.6 is 0 Å². The number of fused-ring (bicyclic) bond motifs is 1. The molecule has 6 nitrogen and oxygen atoms in total. The molecule has 0 radical (unpaired) electrons. The van der Waals surface area contributed by atoms with E-state index in [9.17, 15) is 22.8 Å². The predicted octanol–water partition coefficient (Wildman–Crippen LogP) is 4.93. The monoisotopic (exact) mass is 461 g/mol. The fourth-order valence-corrected chi connectivity index (χ4v) is 3.76. The van der Waals surface area contributed by atoms with Crippen LogP contribution in [0.2, 0.25) is 0 Å². The highest BCUT2D eigenvalue weighted by Gasteiger charge is 2.30. The average molecular weight is 461 g/mol. The number of imidazole rings is 1. The van der Waals surface area contributed by atoms with Crippen molar-refractivity contribution < 1.29 is 27.9 Å². The Labute approximate surface area is 189 Å². The molecule has 0 aliphatic carbocycles. The number of carbonyl (C=O) groups excluding carboxylic acids is 1. The lowest BCUT2D eigenvalue weighted by molar-refractivity contribution is -0.138. The van der Waals surface area contributed by atoms with Crippen LogP contribution in [0.25, 0.3) is 5.65 Å². The minimum Gasteiger partial charge on any atom is -0.481 e. The van der Waals surface area contributed by atoms with Gasteiger partial charge in [-0.05, 0) is 42.2 Å². The van der Waals surface area contributed by atoms with E-state index in [-0.39, 0.29) is 37.1 Å². The number of carboxylic acids is 1. The Balaban J connectivity index is 1.76. The number of alkyl halides is 3. The molecular weight excluding hydrogens is 435 g/mol. The highest BCUT2D eigenvalue weighted by Crippen LogP contribution is 2.31. The number of amides is 1. The number of halogens is 3. The first-order valence-electron chi connectivity index (χ1n) is 10.7. The van der Waals surface area contributed by atoms with Crippen molar-refractivity contribution in [3.05, 3.63) is 71.2 Å². The third-order valence-electron chi connectivity index (χ3n) is 5.34. The summed E-state index contributed by atoms with van der Waals surface area (Å²) >= 11 is 0. The number of aliphatic carboxylic acids is 1. The van der Waals surface area contributed by atoms with Crippen molar-refractivity contribution in [1.29, 1.82) is 0 Å². The van der Waals surface area contributed by atoms with Crippen molar-refractivity contribution in [3.8, 4) is 0 Å². The van der Waals surface area contributed by atoms with Crippen LogP contribution in [0, 0.1) is 5.92 Å². The number of hydrogen-bond donors (Lipinski definition) is 2. The van der Waals surface area contributed by atoms with Gasteiger partial charge in [0.2, 0.25) is 0 Å². The maximum atomic E-state index is 12.9. The van der Waals surface area contributed by atoms with E-state index in [2.05, 4.69) is 10.3 Å². The van der Waals surface area contributed by atoms with Crippen LogP contribution in [0.1, 0.15) is 59.9 Å². The van der Waals surface area contributed by atoms with Crippen LogP contribution in [-0.2, 0) is 17.4 Å². The lowest BCUT2D eigenvalue weighted by atomic mass is 9.89. The number of rotatable bonds is 9. The second kappa shape index (κ2) is 10.1.